The Morgan fingerprint density at radius 2 is 2.50 bits per heavy atom. The first-order valence-electron chi connectivity index (χ1n) is 4.00. The van der Waals surface area contributed by atoms with E-state index in [-0.39, 0.29) is 5.56 Å². The van der Waals surface area contributed by atoms with Gasteiger partial charge in [0.05, 0.1) is 12.2 Å². The highest BCUT2D eigenvalue weighted by molar-refractivity contribution is 7.99. The van der Waals surface area contributed by atoms with E-state index in [1.165, 1.54) is 24.2 Å². The van der Waals surface area contributed by atoms with Crippen molar-refractivity contribution in [1.82, 2.24) is 9.97 Å². The molecule has 1 aromatic rings. The van der Waals surface area contributed by atoms with Crippen LogP contribution in [0.2, 0.25) is 0 Å². The molecule has 5 nitrogen and oxygen atoms in total. The van der Waals surface area contributed by atoms with Gasteiger partial charge in [-0.3, -0.25) is 9.59 Å². The molecule has 0 radical (unpaired) electrons. The van der Waals surface area contributed by atoms with Gasteiger partial charge >= 0.3 is 5.97 Å². The van der Waals surface area contributed by atoms with Crippen molar-refractivity contribution < 1.29 is 9.90 Å². The Hall–Kier alpha value is -1.30. The summed E-state index contributed by atoms with van der Waals surface area (Å²) in [4.78, 5) is 27.6. The van der Waals surface area contributed by atoms with Crippen LogP contribution in [0.15, 0.2) is 22.2 Å². The molecular weight excluding hydrogens is 204 g/mol. The fraction of sp³-hybridized carbons (Fsp3) is 0.375. The van der Waals surface area contributed by atoms with Crippen molar-refractivity contribution in [2.24, 2.45) is 5.92 Å². The molecule has 0 aliphatic heterocycles. The van der Waals surface area contributed by atoms with Crippen molar-refractivity contribution in [2.45, 2.75) is 11.9 Å². The first kappa shape index (κ1) is 10.8. The molecule has 76 valence electrons. The Morgan fingerprint density at radius 1 is 1.79 bits per heavy atom. The van der Waals surface area contributed by atoms with Crippen LogP contribution >= 0.6 is 11.8 Å². The van der Waals surface area contributed by atoms with Gasteiger partial charge in [-0.25, -0.2) is 4.98 Å². The second-order valence-electron chi connectivity index (χ2n) is 2.80. The third kappa shape index (κ3) is 3.21. The molecule has 1 atom stereocenters. The zero-order valence-electron chi connectivity index (χ0n) is 7.56. The molecule has 0 aromatic carbocycles. The van der Waals surface area contributed by atoms with E-state index < -0.39 is 11.9 Å². The summed E-state index contributed by atoms with van der Waals surface area (Å²) in [6.45, 7) is 1.61. The molecule has 0 bridgehead atoms. The summed E-state index contributed by atoms with van der Waals surface area (Å²) in [5, 5.41) is 9.16. The Kier molecular flexibility index (Phi) is 3.70. The summed E-state index contributed by atoms with van der Waals surface area (Å²) in [5.74, 6) is -0.880. The predicted molar refractivity (Wildman–Crippen MR) is 52.4 cm³/mol. The number of nitrogens with one attached hydrogen (secondary N) is 1. The van der Waals surface area contributed by atoms with Crippen LogP contribution in [0.1, 0.15) is 6.92 Å². The Labute approximate surface area is 84.6 Å². The quantitative estimate of drug-likeness (QED) is 0.566. The summed E-state index contributed by atoms with van der Waals surface area (Å²) in [7, 11) is 0. The first-order valence-corrected chi connectivity index (χ1v) is 4.98. The molecular formula is C8H10N2O3S. The molecule has 2 N–H and O–H groups in total. The number of aromatic amines is 1. The SMILES string of the molecule is CC(CSc1cc(=O)[nH]cn1)C(=O)O. The molecule has 0 spiro atoms. The first-order chi connectivity index (χ1) is 6.59. The monoisotopic (exact) mass is 214 g/mol. The van der Waals surface area contributed by atoms with Crippen LogP contribution in [0.25, 0.3) is 0 Å². The van der Waals surface area contributed by atoms with E-state index in [9.17, 15) is 9.59 Å². The van der Waals surface area contributed by atoms with Crippen molar-refractivity contribution in [3.05, 3.63) is 22.7 Å². The molecule has 0 amide bonds. The molecule has 0 saturated carbocycles. The lowest BCUT2D eigenvalue weighted by Crippen LogP contribution is -2.12. The molecule has 1 aromatic heterocycles. The van der Waals surface area contributed by atoms with Crippen LogP contribution in [-0.2, 0) is 4.79 Å². The second kappa shape index (κ2) is 4.80. The van der Waals surface area contributed by atoms with Gasteiger partial charge in [0, 0.05) is 11.8 Å². The fourth-order valence-electron chi connectivity index (χ4n) is 0.711. The molecule has 1 unspecified atom stereocenters. The standard InChI is InChI=1S/C8H10N2O3S/c1-5(8(12)13)3-14-7-2-6(11)9-4-10-7/h2,4-5H,3H2,1H3,(H,12,13)(H,9,10,11). The molecule has 1 rings (SSSR count). The number of H-pyrrole nitrogens is 1. The average molecular weight is 214 g/mol. The van der Waals surface area contributed by atoms with Gasteiger partial charge in [-0.2, -0.15) is 0 Å². The van der Waals surface area contributed by atoms with E-state index in [1.807, 2.05) is 0 Å². The lowest BCUT2D eigenvalue weighted by Gasteiger charge is -2.03. The number of hydrogen-bond donors (Lipinski definition) is 2. The Balaban J connectivity index is 2.54. The van der Waals surface area contributed by atoms with Crippen molar-refractivity contribution in [3.63, 3.8) is 0 Å². The van der Waals surface area contributed by atoms with Crippen molar-refractivity contribution in [3.8, 4) is 0 Å². The Morgan fingerprint density at radius 3 is 3.07 bits per heavy atom. The van der Waals surface area contributed by atoms with Gasteiger partial charge in [0.2, 0.25) is 0 Å². The summed E-state index contributed by atoms with van der Waals surface area (Å²) in [6, 6.07) is 1.35. The van der Waals surface area contributed by atoms with Gasteiger partial charge < -0.3 is 10.1 Å². The van der Waals surface area contributed by atoms with Crippen LogP contribution in [0.3, 0.4) is 0 Å². The molecule has 0 saturated heterocycles. The largest absolute Gasteiger partial charge is 0.481 e. The van der Waals surface area contributed by atoms with Crippen LogP contribution in [-0.4, -0.2) is 26.8 Å². The minimum absolute atomic E-state index is 0.231. The smallest absolute Gasteiger partial charge is 0.307 e. The topological polar surface area (TPSA) is 83.0 Å². The minimum Gasteiger partial charge on any atom is -0.481 e. The summed E-state index contributed by atoms with van der Waals surface area (Å²) in [5.41, 5.74) is -0.231. The number of hydrogen-bond acceptors (Lipinski definition) is 4. The molecule has 14 heavy (non-hydrogen) atoms. The summed E-state index contributed by atoms with van der Waals surface area (Å²) in [6.07, 6.45) is 1.30. The van der Waals surface area contributed by atoms with Gasteiger partial charge in [-0.1, -0.05) is 6.92 Å². The van der Waals surface area contributed by atoms with Gasteiger partial charge in [0.1, 0.15) is 5.03 Å². The van der Waals surface area contributed by atoms with E-state index in [2.05, 4.69) is 9.97 Å². The third-order valence-electron chi connectivity index (χ3n) is 1.56. The number of carbonyl (C=O) groups is 1. The number of aromatic nitrogens is 2. The van der Waals surface area contributed by atoms with E-state index in [1.54, 1.807) is 6.92 Å². The fourth-order valence-corrected chi connectivity index (χ4v) is 1.59. The average Bonchev–Trinajstić information content (AvgIpc) is 2.14. The van der Waals surface area contributed by atoms with Crippen LogP contribution in [0, 0.1) is 5.92 Å². The van der Waals surface area contributed by atoms with Gasteiger partial charge in [-0.05, 0) is 0 Å². The summed E-state index contributed by atoms with van der Waals surface area (Å²) >= 11 is 1.26. The van der Waals surface area contributed by atoms with E-state index in [4.69, 9.17) is 5.11 Å². The molecule has 0 aliphatic carbocycles. The zero-order valence-corrected chi connectivity index (χ0v) is 8.37. The maximum absolute atomic E-state index is 10.8. The summed E-state index contributed by atoms with van der Waals surface area (Å²) < 4.78 is 0. The Bertz CT molecular complexity index is 377. The van der Waals surface area contributed by atoms with Crippen LogP contribution in [0.4, 0.5) is 0 Å². The maximum atomic E-state index is 10.8. The molecule has 0 fully saturated rings. The number of carboxylic acids is 1. The number of carboxylic acid groups (broad SMARTS) is 1. The highest BCUT2D eigenvalue weighted by Gasteiger charge is 2.11. The molecule has 6 heteroatoms. The number of nitrogens with zero attached hydrogens (tertiary/aromatic N) is 1. The third-order valence-corrected chi connectivity index (χ3v) is 2.74. The number of rotatable bonds is 4. The second-order valence-corrected chi connectivity index (χ2v) is 3.84. The number of aliphatic carboxylic acids is 1. The highest BCUT2D eigenvalue weighted by atomic mass is 32.2. The van der Waals surface area contributed by atoms with Gasteiger partial charge in [0.15, 0.2) is 0 Å². The zero-order chi connectivity index (χ0) is 10.6. The minimum atomic E-state index is -0.845. The lowest BCUT2D eigenvalue weighted by molar-refractivity contribution is -0.140. The highest BCUT2D eigenvalue weighted by Crippen LogP contribution is 2.16. The molecule has 1 heterocycles. The van der Waals surface area contributed by atoms with Crippen molar-refractivity contribution >= 4 is 17.7 Å². The van der Waals surface area contributed by atoms with Crippen molar-refractivity contribution in [1.29, 1.82) is 0 Å². The number of thioether (sulfide) groups is 1. The van der Waals surface area contributed by atoms with Gasteiger partial charge in [-0.15, -0.1) is 11.8 Å². The van der Waals surface area contributed by atoms with Crippen molar-refractivity contribution in [2.75, 3.05) is 5.75 Å². The predicted octanol–water partition coefficient (Wildman–Crippen LogP) is 0.583. The molecule has 0 aliphatic rings. The van der Waals surface area contributed by atoms with E-state index >= 15 is 0 Å². The van der Waals surface area contributed by atoms with E-state index in [0.717, 1.165) is 0 Å². The van der Waals surface area contributed by atoms with Crippen LogP contribution < -0.4 is 5.56 Å². The van der Waals surface area contributed by atoms with E-state index in [0.29, 0.717) is 10.8 Å². The maximum Gasteiger partial charge on any atom is 0.307 e. The van der Waals surface area contributed by atoms with Gasteiger partial charge in [0.25, 0.3) is 5.56 Å². The normalized spacial score (nSPS) is 12.4. The van der Waals surface area contributed by atoms with Crippen LogP contribution in [0.5, 0.6) is 0 Å². The lowest BCUT2D eigenvalue weighted by atomic mass is 10.2.